The average Bonchev–Trinajstić information content (AvgIpc) is 3.05. The van der Waals surface area contributed by atoms with Gasteiger partial charge in [0.05, 0.1) is 6.20 Å². The molecule has 0 radical (unpaired) electrons. The van der Waals surface area contributed by atoms with Crippen molar-refractivity contribution in [3.8, 4) is 10.6 Å². The molecule has 8 heteroatoms. The van der Waals surface area contributed by atoms with Crippen LogP contribution >= 0.6 is 22.9 Å². The molecule has 1 aliphatic heterocycles. The van der Waals surface area contributed by atoms with E-state index in [4.69, 9.17) is 11.6 Å². The molecule has 1 saturated heterocycles. The summed E-state index contributed by atoms with van der Waals surface area (Å²) in [6, 6.07) is 3.59. The summed E-state index contributed by atoms with van der Waals surface area (Å²) in [6.07, 6.45) is 1.96. The Morgan fingerprint density at radius 3 is 2.91 bits per heavy atom. The number of carbonyl (C=O) groups is 2. The van der Waals surface area contributed by atoms with Crippen LogP contribution in [0.4, 0.5) is 4.39 Å². The predicted octanol–water partition coefficient (Wildman–Crippen LogP) is 2.61. The summed E-state index contributed by atoms with van der Waals surface area (Å²) in [4.78, 5) is 28.4. The van der Waals surface area contributed by atoms with Crippen molar-refractivity contribution in [3.63, 3.8) is 0 Å². The second-order valence-corrected chi connectivity index (χ2v) is 6.83. The van der Waals surface area contributed by atoms with Gasteiger partial charge >= 0.3 is 0 Å². The lowest BCUT2D eigenvalue weighted by Crippen LogP contribution is -2.39. The largest absolute Gasteiger partial charge is 0.352 e. The SMILES string of the molecule is C[C@@H]1C[C@@H](NC(=O)c2cnc(-c3cc(F)cc(Cl)c3)s2)C(=O)N1. The van der Waals surface area contributed by atoms with Gasteiger partial charge in [0.2, 0.25) is 5.91 Å². The third-order valence-electron chi connectivity index (χ3n) is 3.44. The first-order chi connectivity index (χ1) is 10.9. The van der Waals surface area contributed by atoms with Gasteiger partial charge in [-0.25, -0.2) is 9.37 Å². The van der Waals surface area contributed by atoms with E-state index in [2.05, 4.69) is 15.6 Å². The molecule has 2 aromatic rings. The van der Waals surface area contributed by atoms with Crippen molar-refractivity contribution in [2.75, 3.05) is 0 Å². The number of nitrogens with zero attached hydrogens (tertiary/aromatic N) is 1. The minimum Gasteiger partial charge on any atom is -0.352 e. The fourth-order valence-corrected chi connectivity index (χ4v) is 3.43. The first kappa shape index (κ1) is 15.9. The maximum atomic E-state index is 13.4. The molecule has 1 aliphatic rings. The molecule has 2 N–H and O–H groups in total. The fraction of sp³-hybridized carbons (Fsp3) is 0.267. The van der Waals surface area contributed by atoms with Gasteiger partial charge in [0.25, 0.3) is 5.91 Å². The van der Waals surface area contributed by atoms with E-state index in [9.17, 15) is 14.0 Å². The highest BCUT2D eigenvalue weighted by atomic mass is 35.5. The zero-order valence-corrected chi connectivity index (χ0v) is 13.7. The Morgan fingerprint density at radius 2 is 2.26 bits per heavy atom. The molecule has 0 saturated carbocycles. The van der Waals surface area contributed by atoms with E-state index in [1.165, 1.54) is 18.3 Å². The molecule has 0 aliphatic carbocycles. The molecule has 1 fully saturated rings. The molecular weight excluding hydrogens is 341 g/mol. The molecule has 0 spiro atoms. The highest BCUT2D eigenvalue weighted by Gasteiger charge is 2.31. The van der Waals surface area contributed by atoms with Crippen LogP contribution in [0.2, 0.25) is 5.02 Å². The Kier molecular flexibility index (Phi) is 4.32. The van der Waals surface area contributed by atoms with Crippen LogP contribution in [0.25, 0.3) is 10.6 Å². The van der Waals surface area contributed by atoms with Gasteiger partial charge in [-0.1, -0.05) is 11.6 Å². The second kappa shape index (κ2) is 6.25. The third-order valence-corrected chi connectivity index (χ3v) is 4.70. The molecule has 2 heterocycles. The van der Waals surface area contributed by atoms with Crippen molar-refractivity contribution in [3.05, 3.63) is 40.1 Å². The van der Waals surface area contributed by atoms with Gasteiger partial charge < -0.3 is 10.6 Å². The zero-order valence-electron chi connectivity index (χ0n) is 12.1. The number of halogens is 2. The van der Waals surface area contributed by atoms with Crippen molar-refractivity contribution in [1.82, 2.24) is 15.6 Å². The number of carbonyl (C=O) groups excluding carboxylic acids is 2. The van der Waals surface area contributed by atoms with Crippen LogP contribution in [0, 0.1) is 5.82 Å². The third kappa shape index (κ3) is 3.51. The topological polar surface area (TPSA) is 71.1 Å². The number of nitrogens with one attached hydrogen (secondary N) is 2. The predicted molar refractivity (Wildman–Crippen MR) is 86.0 cm³/mol. The van der Waals surface area contributed by atoms with Crippen LogP contribution in [0.15, 0.2) is 24.4 Å². The van der Waals surface area contributed by atoms with Crippen LogP contribution in [-0.2, 0) is 4.79 Å². The maximum Gasteiger partial charge on any atom is 0.263 e. The Bertz CT molecular complexity index is 760. The van der Waals surface area contributed by atoms with Crippen molar-refractivity contribution >= 4 is 34.8 Å². The lowest BCUT2D eigenvalue weighted by atomic mass is 10.2. The summed E-state index contributed by atoms with van der Waals surface area (Å²) in [6.45, 7) is 1.88. The van der Waals surface area contributed by atoms with Gasteiger partial charge in [-0.15, -0.1) is 11.3 Å². The monoisotopic (exact) mass is 353 g/mol. The fourth-order valence-electron chi connectivity index (χ4n) is 2.41. The van der Waals surface area contributed by atoms with Crippen LogP contribution in [-0.4, -0.2) is 28.9 Å². The molecule has 2 atom stereocenters. The molecular formula is C15H13ClFN3O2S. The minimum atomic E-state index is -0.535. The number of hydrogen-bond acceptors (Lipinski definition) is 4. The average molecular weight is 354 g/mol. The Balaban J connectivity index is 1.76. The standard InChI is InChI=1S/C15H13ClFN3O2S/c1-7-2-11(13(21)19-7)20-14(22)12-6-18-15(23-12)8-3-9(16)5-10(17)4-8/h3-7,11H,2H2,1H3,(H,19,21)(H,20,22)/t7-,11-/m1/s1. The van der Waals surface area contributed by atoms with Crippen molar-refractivity contribution in [2.24, 2.45) is 0 Å². The van der Waals surface area contributed by atoms with E-state index in [1.54, 1.807) is 6.07 Å². The number of aromatic nitrogens is 1. The highest BCUT2D eigenvalue weighted by Crippen LogP contribution is 2.28. The van der Waals surface area contributed by atoms with E-state index in [-0.39, 0.29) is 22.9 Å². The van der Waals surface area contributed by atoms with Crippen LogP contribution in [0.3, 0.4) is 0 Å². The maximum absolute atomic E-state index is 13.4. The smallest absolute Gasteiger partial charge is 0.263 e. The number of hydrogen-bond donors (Lipinski definition) is 2. The number of amides is 2. The molecule has 23 heavy (non-hydrogen) atoms. The van der Waals surface area contributed by atoms with Crippen molar-refractivity contribution < 1.29 is 14.0 Å². The molecule has 3 rings (SSSR count). The quantitative estimate of drug-likeness (QED) is 0.891. The minimum absolute atomic E-state index is 0.0410. The number of rotatable bonds is 3. The lowest BCUT2D eigenvalue weighted by molar-refractivity contribution is -0.120. The molecule has 5 nitrogen and oxygen atoms in total. The van der Waals surface area contributed by atoms with E-state index < -0.39 is 11.9 Å². The van der Waals surface area contributed by atoms with Gasteiger partial charge in [0.1, 0.15) is 21.7 Å². The normalized spacial score (nSPS) is 20.4. The van der Waals surface area contributed by atoms with Crippen molar-refractivity contribution in [1.29, 1.82) is 0 Å². The molecule has 1 aromatic heterocycles. The highest BCUT2D eigenvalue weighted by molar-refractivity contribution is 7.16. The van der Waals surface area contributed by atoms with Gasteiger partial charge in [0.15, 0.2) is 0 Å². The molecule has 0 bridgehead atoms. The van der Waals surface area contributed by atoms with Gasteiger partial charge in [-0.05, 0) is 31.5 Å². The number of thiazole rings is 1. The Hall–Kier alpha value is -1.99. The number of benzene rings is 1. The zero-order chi connectivity index (χ0) is 16.6. The van der Waals surface area contributed by atoms with Crippen LogP contribution < -0.4 is 10.6 Å². The van der Waals surface area contributed by atoms with Gasteiger partial charge in [-0.3, -0.25) is 9.59 Å². The molecule has 2 amide bonds. The van der Waals surface area contributed by atoms with E-state index in [0.29, 0.717) is 21.9 Å². The first-order valence-corrected chi connectivity index (χ1v) is 8.15. The summed E-state index contributed by atoms with van der Waals surface area (Å²) in [7, 11) is 0. The van der Waals surface area contributed by atoms with E-state index >= 15 is 0 Å². The van der Waals surface area contributed by atoms with E-state index in [0.717, 1.165) is 11.3 Å². The van der Waals surface area contributed by atoms with Crippen LogP contribution in [0.5, 0.6) is 0 Å². The second-order valence-electron chi connectivity index (χ2n) is 5.36. The molecule has 0 unspecified atom stereocenters. The van der Waals surface area contributed by atoms with E-state index in [1.807, 2.05) is 6.92 Å². The summed E-state index contributed by atoms with van der Waals surface area (Å²) in [5.41, 5.74) is 0.506. The Morgan fingerprint density at radius 1 is 1.48 bits per heavy atom. The first-order valence-electron chi connectivity index (χ1n) is 6.96. The van der Waals surface area contributed by atoms with Crippen molar-refractivity contribution in [2.45, 2.75) is 25.4 Å². The van der Waals surface area contributed by atoms with Gasteiger partial charge in [0, 0.05) is 16.6 Å². The Labute approximate surface area is 140 Å². The molecule has 1 aromatic carbocycles. The van der Waals surface area contributed by atoms with Crippen LogP contribution in [0.1, 0.15) is 23.0 Å². The summed E-state index contributed by atoms with van der Waals surface area (Å²) in [5.74, 6) is -1.02. The molecule has 120 valence electrons. The summed E-state index contributed by atoms with van der Waals surface area (Å²) in [5, 5.41) is 6.18. The summed E-state index contributed by atoms with van der Waals surface area (Å²) >= 11 is 6.94. The summed E-state index contributed by atoms with van der Waals surface area (Å²) < 4.78 is 13.4. The lowest BCUT2D eigenvalue weighted by Gasteiger charge is -2.08. The van der Waals surface area contributed by atoms with Gasteiger partial charge in [-0.2, -0.15) is 0 Å².